The first-order chi connectivity index (χ1) is 14.3. The maximum absolute atomic E-state index is 12.7. The highest BCUT2D eigenvalue weighted by molar-refractivity contribution is 5.95. The third-order valence-electron chi connectivity index (χ3n) is 4.73. The number of benzene rings is 1. The van der Waals surface area contributed by atoms with Crippen molar-refractivity contribution in [2.24, 2.45) is 0 Å². The number of nitrogens with zero attached hydrogens (tertiary/aromatic N) is 2. The van der Waals surface area contributed by atoms with E-state index in [1.165, 1.54) is 16.3 Å². The molecule has 0 saturated carbocycles. The fourth-order valence-corrected chi connectivity index (χ4v) is 3.14. The van der Waals surface area contributed by atoms with E-state index in [2.05, 4.69) is 24.1 Å². The molecule has 1 aromatic carbocycles. The standard InChI is InChI=1S/C23H25N3O4/c1-5-30-23(29)19-12-26(22-18(21(19)28)11-6-15(4)24-22)13-20(27)25-17-9-7-16(8-10-17)14(2)3/h6-12,14H,5,13H2,1-4H3,(H,25,27). The topological polar surface area (TPSA) is 90.3 Å². The van der Waals surface area contributed by atoms with Crippen LogP contribution in [0.25, 0.3) is 11.0 Å². The number of aromatic nitrogens is 2. The number of rotatable bonds is 6. The Morgan fingerprint density at radius 3 is 2.47 bits per heavy atom. The Balaban J connectivity index is 1.94. The highest BCUT2D eigenvalue weighted by atomic mass is 16.5. The van der Waals surface area contributed by atoms with E-state index in [1.807, 2.05) is 24.3 Å². The molecule has 0 aliphatic carbocycles. The van der Waals surface area contributed by atoms with Crippen LogP contribution in [0.1, 0.15) is 48.3 Å². The minimum Gasteiger partial charge on any atom is -0.462 e. The number of aryl methyl sites for hydroxylation is 1. The van der Waals surface area contributed by atoms with Crippen molar-refractivity contribution in [1.82, 2.24) is 9.55 Å². The largest absolute Gasteiger partial charge is 0.462 e. The molecule has 3 rings (SSSR count). The van der Waals surface area contributed by atoms with Crippen LogP contribution < -0.4 is 10.7 Å². The normalized spacial score (nSPS) is 11.0. The van der Waals surface area contributed by atoms with E-state index in [0.29, 0.717) is 22.9 Å². The molecule has 2 aromatic heterocycles. The number of pyridine rings is 2. The second kappa shape index (κ2) is 8.90. The molecule has 3 aromatic rings. The summed E-state index contributed by atoms with van der Waals surface area (Å²) < 4.78 is 6.50. The maximum Gasteiger partial charge on any atom is 0.343 e. The molecule has 0 atom stereocenters. The van der Waals surface area contributed by atoms with Crippen molar-refractivity contribution in [3.63, 3.8) is 0 Å². The van der Waals surface area contributed by atoms with Gasteiger partial charge in [0.1, 0.15) is 17.8 Å². The SMILES string of the molecule is CCOC(=O)c1cn(CC(=O)Nc2ccc(C(C)C)cc2)c2nc(C)ccc2c1=O. The predicted octanol–water partition coefficient (Wildman–Crippen LogP) is 3.64. The summed E-state index contributed by atoms with van der Waals surface area (Å²) in [5.41, 5.74) is 2.31. The van der Waals surface area contributed by atoms with E-state index in [-0.39, 0.29) is 30.0 Å². The van der Waals surface area contributed by atoms with Gasteiger partial charge in [-0.2, -0.15) is 0 Å². The number of nitrogens with one attached hydrogen (secondary N) is 1. The zero-order valence-corrected chi connectivity index (χ0v) is 17.6. The number of carbonyl (C=O) groups excluding carboxylic acids is 2. The van der Waals surface area contributed by atoms with Gasteiger partial charge in [-0.15, -0.1) is 0 Å². The third-order valence-corrected chi connectivity index (χ3v) is 4.73. The fourth-order valence-electron chi connectivity index (χ4n) is 3.14. The lowest BCUT2D eigenvalue weighted by Gasteiger charge is -2.13. The van der Waals surface area contributed by atoms with E-state index < -0.39 is 11.4 Å². The van der Waals surface area contributed by atoms with Gasteiger partial charge >= 0.3 is 5.97 Å². The van der Waals surface area contributed by atoms with Crippen LogP contribution >= 0.6 is 0 Å². The second-order valence-corrected chi connectivity index (χ2v) is 7.37. The van der Waals surface area contributed by atoms with Crippen LogP contribution in [0.4, 0.5) is 5.69 Å². The molecular weight excluding hydrogens is 382 g/mol. The van der Waals surface area contributed by atoms with Crippen molar-refractivity contribution < 1.29 is 14.3 Å². The van der Waals surface area contributed by atoms with Crippen molar-refractivity contribution in [3.05, 3.63) is 69.6 Å². The Morgan fingerprint density at radius 1 is 1.13 bits per heavy atom. The molecule has 7 nitrogen and oxygen atoms in total. The molecule has 0 aliphatic heterocycles. The zero-order valence-electron chi connectivity index (χ0n) is 17.6. The number of fused-ring (bicyclic) bond motifs is 1. The van der Waals surface area contributed by atoms with Gasteiger partial charge < -0.3 is 14.6 Å². The van der Waals surface area contributed by atoms with Crippen LogP contribution in [0.15, 0.2) is 47.4 Å². The molecule has 0 fully saturated rings. The van der Waals surface area contributed by atoms with Gasteiger partial charge in [0.05, 0.1) is 12.0 Å². The summed E-state index contributed by atoms with van der Waals surface area (Å²) in [6.45, 7) is 7.71. The molecule has 0 spiro atoms. The molecule has 0 radical (unpaired) electrons. The minimum absolute atomic E-state index is 0.106. The number of amides is 1. The van der Waals surface area contributed by atoms with Crippen molar-refractivity contribution >= 4 is 28.6 Å². The summed E-state index contributed by atoms with van der Waals surface area (Å²) in [4.78, 5) is 42.0. The molecular formula is C23H25N3O4. The monoisotopic (exact) mass is 407 g/mol. The average Bonchev–Trinajstić information content (AvgIpc) is 2.70. The Hall–Kier alpha value is -3.48. The van der Waals surface area contributed by atoms with Gasteiger partial charge in [-0.1, -0.05) is 26.0 Å². The molecule has 30 heavy (non-hydrogen) atoms. The molecule has 1 amide bonds. The fraction of sp³-hybridized carbons (Fsp3) is 0.304. The molecule has 0 aliphatic rings. The number of hydrogen-bond donors (Lipinski definition) is 1. The van der Waals surface area contributed by atoms with Gasteiger partial charge in [0, 0.05) is 17.6 Å². The first-order valence-electron chi connectivity index (χ1n) is 9.88. The maximum atomic E-state index is 12.7. The lowest BCUT2D eigenvalue weighted by molar-refractivity contribution is -0.116. The van der Waals surface area contributed by atoms with E-state index >= 15 is 0 Å². The average molecular weight is 407 g/mol. The van der Waals surface area contributed by atoms with Crippen LogP contribution in [0, 0.1) is 6.92 Å². The van der Waals surface area contributed by atoms with Crippen LogP contribution in [-0.4, -0.2) is 28.0 Å². The summed E-state index contributed by atoms with van der Waals surface area (Å²) in [6, 6.07) is 10.9. The quantitative estimate of drug-likeness (QED) is 0.630. The van der Waals surface area contributed by atoms with Gasteiger partial charge in [0.25, 0.3) is 0 Å². The molecule has 156 valence electrons. The third kappa shape index (κ3) is 4.56. The van der Waals surface area contributed by atoms with Crippen LogP contribution in [0.3, 0.4) is 0 Å². The highest BCUT2D eigenvalue weighted by Gasteiger charge is 2.18. The highest BCUT2D eigenvalue weighted by Crippen LogP contribution is 2.17. The number of esters is 1. The zero-order chi connectivity index (χ0) is 21.8. The van der Waals surface area contributed by atoms with Crippen molar-refractivity contribution in [3.8, 4) is 0 Å². The van der Waals surface area contributed by atoms with Crippen LogP contribution in [-0.2, 0) is 16.1 Å². The Morgan fingerprint density at radius 2 is 1.83 bits per heavy atom. The number of hydrogen-bond acceptors (Lipinski definition) is 5. The summed E-state index contributed by atoms with van der Waals surface area (Å²) >= 11 is 0. The van der Waals surface area contributed by atoms with Gasteiger partial charge in [0.15, 0.2) is 0 Å². The summed E-state index contributed by atoms with van der Waals surface area (Å²) in [6.07, 6.45) is 1.34. The first kappa shape index (κ1) is 21.2. The predicted molar refractivity (Wildman–Crippen MR) is 116 cm³/mol. The van der Waals surface area contributed by atoms with E-state index in [1.54, 1.807) is 26.0 Å². The lowest BCUT2D eigenvalue weighted by atomic mass is 10.0. The second-order valence-electron chi connectivity index (χ2n) is 7.37. The smallest absolute Gasteiger partial charge is 0.343 e. The number of ether oxygens (including phenoxy) is 1. The number of anilines is 1. The van der Waals surface area contributed by atoms with Crippen LogP contribution in [0.2, 0.25) is 0 Å². The molecule has 2 heterocycles. The summed E-state index contributed by atoms with van der Waals surface area (Å²) in [5, 5.41) is 3.11. The van der Waals surface area contributed by atoms with Crippen LogP contribution in [0.5, 0.6) is 0 Å². The Labute approximate surface area is 174 Å². The van der Waals surface area contributed by atoms with Crippen molar-refractivity contribution in [1.29, 1.82) is 0 Å². The Bertz CT molecular complexity index is 1150. The van der Waals surface area contributed by atoms with E-state index in [4.69, 9.17) is 4.74 Å². The van der Waals surface area contributed by atoms with Gasteiger partial charge in [-0.3, -0.25) is 9.59 Å². The first-order valence-corrected chi connectivity index (χ1v) is 9.88. The summed E-state index contributed by atoms with van der Waals surface area (Å²) in [5.74, 6) is -0.614. The molecule has 1 N–H and O–H groups in total. The summed E-state index contributed by atoms with van der Waals surface area (Å²) in [7, 11) is 0. The van der Waals surface area contributed by atoms with Gasteiger partial charge in [-0.25, -0.2) is 9.78 Å². The number of carbonyl (C=O) groups is 2. The molecule has 0 unspecified atom stereocenters. The van der Waals surface area contributed by atoms with Crippen molar-refractivity contribution in [2.45, 2.75) is 40.2 Å². The lowest BCUT2D eigenvalue weighted by Crippen LogP contribution is -2.25. The molecule has 0 saturated heterocycles. The molecule has 7 heteroatoms. The molecule has 0 bridgehead atoms. The van der Waals surface area contributed by atoms with Crippen molar-refractivity contribution in [2.75, 3.05) is 11.9 Å². The van der Waals surface area contributed by atoms with E-state index in [0.717, 1.165) is 0 Å². The Kier molecular flexibility index (Phi) is 6.30. The van der Waals surface area contributed by atoms with Gasteiger partial charge in [0.2, 0.25) is 11.3 Å². The van der Waals surface area contributed by atoms with E-state index in [9.17, 15) is 14.4 Å². The minimum atomic E-state index is -0.719. The van der Waals surface area contributed by atoms with Gasteiger partial charge in [-0.05, 0) is 49.6 Å².